The number of nitrogens with one attached hydrogen (secondary N) is 1. The third-order valence-electron chi connectivity index (χ3n) is 3.35. The third-order valence-corrected chi connectivity index (χ3v) is 5.09. The van der Waals surface area contributed by atoms with Gasteiger partial charge in [0, 0.05) is 22.1 Å². The fourth-order valence-electron chi connectivity index (χ4n) is 1.69. The van der Waals surface area contributed by atoms with Gasteiger partial charge in [-0.1, -0.05) is 26.0 Å². The number of amides is 1. The van der Waals surface area contributed by atoms with Gasteiger partial charge in [0.25, 0.3) is 5.91 Å². The lowest BCUT2D eigenvalue weighted by Crippen LogP contribution is -2.36. The molecule has 0 aliphatic heterocycles. The van der Waals surface area contributed by atoms with E-state index in [-0.39, 0.29) is 11.9 Å². The van der Waals surface area contributed by atoms with Crippen molar-refractivity contribution in [2.24, 2.45) is 5.92 Å². The summed E-state index contributed by atoms with van der Waals surface area (Å²) in [4.78, 5) is 17.7. The van der Waals surface area contributed by atoms with E-state index >= 15 is 0 Å². The van der Waals surface area contributed by atoms with Gasteiger partial charge in [-0.25, -0.2) is 4.98 Å². The van der Waals surface area contributed by atoms with Gasteiger partial charge in [-0.05, 0) is 25.0 Å². The molecule has 0 aliphatic rings. The fraction of sp³-hybridized carbons (Fsp3) is 0.375. The van der Waals surface area contributed by atoms with Gasteiger partial charge in [0.05, 0.1) is 16.8 Å². The van der Waals surface area contributed by atoms with Crippen molar-refractivity contribution in [2.75, 3.05) is 0 Å². The van der Waals surface area contributed by atoms with E-state index in [1.54, 1.807) is 23.1 Å². The molecule has 3 nitrogen and oxygen atoms in total. The van der Waals surface area contributed by atoms with Crippen LogP contribution in [0.4, 0.5) is 0 Å². The molecule has 0 radical (unpaired) electrons. The maximum atomic E-state index is 12.4. The zero-order valence-electron chi connectivity index (χ0n) is 12.5. The van der Waals surface area contributed by atoms with Crippen LogP contribution in [0.3, 0.4) is 0 Å². The van der Waals surface area contributed by atoms with Gasteiger partial charge < -0.3 is 5.32 Å². The Hall–Kier alpha value is -1.33. The first kappa shape index (κ1) is 16.0. The molecule has 1 aromatic heterocycles. The second kappa shape index (κ2) is 7.61. The number of thiazole rings is 1. The molecule has 2 rings (SSSR count). The van der Waals surface area contributed by atoms with Gasteiger partial charge in [0.1, 0.15) is 0 Å². The fourth-order valence-corrected chi connectivity index (χ4v) is 3.31. The van der Waals surface area contributed by atoms with E-state index in [1.165, 1.54) is 0 Å². The van der Waals surface area contributed by atoms with E-state index in [9.17, 15) is 4.79 Å². The van der Waals surface area contributed by atoms with Gasteiger partial charge in [0.2, 0.25) is 0 Å². The largest absolute Gasteiger partial charge is 0.349 e. The van der Waals surface area contributed by atoms with E-state index in [0.29, 0.717) is 5.92 Å². The summed E-state index contributed by atoms with van der Waals surface area (Å²) in [5.74, 6) is 1.20. The van der Waals surface area contributed by atoms with Crippen molar-refractivity contribution in [3.63, 3.8) is 0 Å². The molecule has 1 aromatic carbocycles. The van der Waals surface area contributed by atoms with E-state index in [4.69, 9.17) is 0 Å². The summed E-state index contributed by atoms with van der Waals surface area (Å²) in [5, 5.41) is 5.10. The predicted molar refractivity (Wildman–Crippen MR) is 89.9 cm³/mol. The van der Waals surface area contributed by atoms with Gasteiger partial charge in [-0.15, -0.1) is 23.1 Å². The van der Waals surface area contributed by atoms with Gasteiger partial charge in [-0.2, -0.15) is 0 Å². The molecule has 2 aromatic rings. The van der Waals surface area contributed by atoms with Gasteiger partial charge >= 0.3 is 0 Å². The number of aromatic nitrogens is 1. The Morgan fingerprint density at radius 3 is 2.76 bits per heavy atom. The molecular formula is C16H20N2OS2. The van der Waals surface area contributed by atoms with Gasteiger partial charge in [0.15, 0.2) is 0 Å². The van der Waals surface area contributed by atoms with Crippen LogP contribution in [0.5, 0.6) is 0 Å². The van der Waals surface area contributed by atoms with E-state index in [1.807, 2.05) is 42.1 Å². The summed E-state index contributed by atoms with van der Waals surface area (Å²) < 4.78 is 0. The monoisotopic (exact) mass is 320 g/mol. The second-order valence-electron chi connectivity index (χ2n) is 5.27. The van der Waals surface area contributed by atoms with E-state index in [2.05, 4.69) is 24.1 Å². The van der Waals surface area contributed by atoms with Crippen LogP contribution in [-0.2, 0) is 5.75 Å². The number of hydrogen-bond donors (Lipinski definition) is 1. The van der Waals surface area contributed by atoms with Crippen molar-refractivity contribution in [3.05, 3.63) is 46.4 Å². The summed E-state index contributed by atoms with van der Waals surface area (Å²) >= 11 is 3.25. The second-order valence-corrected chi connectivity index (χ2v) is 7.01. The minimum atomic E-state index is -0.00224. The highest BCUT2D eigenvalue weighted by molar-refractivity contribution is 7.98. The minimum Gasteiger partial charge on any atom is -0.349 e. The SMILES string of the molecule is CC(C)C(C)NC(=O)c1ccccc1SCc1cscn1. The molecule has 1 amide bonds. The highest BCUT2D eigenvalue weighted by Gasteiger charge is 2.15. The Morgan fingerprint density at radius 2 is 2.10 bits per heavy atom. The van der Waals surface area contributed by atoms with E-state index < -0.39 is 0 Å². The number of benzene rings is 1. The molecule has 21 heavy (non-hydrogen) atoms. The smallest absolute Gasteiger partial charge is 0.252 e. The minimum absolute atomic E-state index is 0.00224. The number of carbonyl (C=O) groups excluding carboxylic acids is 1. The Morgan fingerprint density at radius 1 is 1.33 bits per heavy atom. The van der Waals surface area contributed by atoms with Gasteiger partial charge in [-0.3, -0.25) is 4.79 Å². The summed E-state index contributed by atoms with van der Waals surface area (Å²) in [6, 6.07) is 7.90. The Bertz CT molecular complexity index is 582. The van der Waals surface area contributed by atoms with Crippen molar-refractivity contribution < 1.29 is 4.79 Å². The summed E-state index contributed by atoms with van der Waals surface area (Å²) in [7, 11) is 0. The molecule has 0 spiro atoms. The van der Waals surface area contributed by atoms with Crippen LogP contribution in [0.15, 0.2) is 40.1 Å². The molecule has 1 atom stereocenters. The van der Waals surface area contributed by atoms with Crippen LogP contribution < -0.4 is 5.32 Å². The first-order chi connectivity index (χ1) is 10.1. The number of nitrogens with zero attached hydrogens (tertiary/aromatic N) is 1. The Kier molecular flexibility index (Phi) is 5.82. The molecule has 1 unspecified atom stereocenters. The Labute approximate surface area is 134 Å². The van der Waals surface area contributed by atoms with Crippen LogP contribution in [0.25, 0.3) is 0 Å². The standard InChI is InChI=1S/C16H20N2OS2/c1-11(2)12(3)18-16(19)14-6-4-5-7-15(14)21-9-13-8-20-10-17-13/h4-8,10-12H,9H2,1-3H3,(H,18,19). The number of hydrogen-bond acceptors (Lipinski definition) is 4. The molecule has 0 saturated carbocycles. The maximum Gasteiger partial charge on any atom is 0.252 e. The third kappa shape index (κ3) is 4.58. The predicted octanol–water partition coefficient (Wildman–Crippen LogP) is 4.21. The normalized spacial score (nSPS) is 12.4. The van der Waals surface area contributed by atoms with Crippen LogP contribution in [-0.4, -0.2) is 16.9 Å². The molecule has 0 saturated heterocycles. The lowest BCUT2D eigenvalue weighted by molar-refractivity contribution is 0.0927. The lowest BCUT2D eigenvalue weighted by Gasteiger charge is -2.18. The van der Waals surface area contributed by atoms with Crippen LogP contribution in [0.1, 0.15) is 36.8 Å². The molecule has 0 fully saturated rings. The summed E-state index contributed by atoms with van der Waals surface area (Å²) in [6.45, 7) is 6.25. The first-order valence-electron chi connectivity index (χ1n) is 6.97. The van der Waals surface area contributed by atoms with Crippen molar-refractivity contribution in [3.8, 4) is 0 Å². The van der Waals surface area contributed by atoms with E-state index in [0.717, 1.165) is 21.9 Å². The topological polar surface area (TPSA) is 42.0 Å². The van der Waals surface area contributed by atoms with Crippen molar-refractivity contribution in [2.45, 2.75) is 37.5 Å². The molecule has 0 bridgehead atoms. The average Bonchev–Trinajstić information content (AvgIpc) is 2.98. The van der Waals surface area contributed by atoms with Crippen LogP contribution in [0, 0.1) is 5.92 Å². The van der Waals surface area contributed by atoms with Crippen LogP contribution in [0.2, 0.25) is 0 Å². The summed E-state index contributed by atoms with van der Waals surface area (Å²) in [6.07, 6.45) is 0. The highest BCUT2D eigenvalue weighted by Crippen LogP contribution is 2.26. The first-order valence-corrected chi connectivity index (χ1v) is 8.90. The van der Waals surface area contributed by atoms with Crippen molar-refractivity contribution in [1.82, 2.24) is 10.3 Å². The molecule has 1 heterocycles. The zero-order valence-corrected chi connectivity index (χ0v) is 14.1. The van der Waals surface area contributed by atoms with Crippen molar-refractivity contribution in [1.29, 1.82) is 0 Å². The summed E-state index contributed by atoms with van der Waals surface area (Å²) in [5.41, 5.74) is 3.62. The number of carbonyl (C=O) groups is 1. The average molecular weight is 320 g/mol. The Balaban J connectivity index is 2.07. The molecule has 112 valence electrons. The zero-order chi connectivity index (χ0) is 15.2. The van der Waals surface area contributed by atoms with Crippen molar-refractivity contribution >= 4 is 29.0 Å². The number of thioether (sulfide) groups is 1. The lowest BCUT2D eigenvalue weighted by atomic mass is 10.1. The maximum absolute atomic E-state index is 12.4. The number of rotatable bonds is 6. The van der Waals surface area contributed by atoms with Crippen LogP contribution >= 0.6 is 23.1 Å². The highest BCUT2D eigenvalue weighted by atomic mass is 32.2. The molecular weight excluding hydrogens is 300 g/mol. The molecule has 1 N–H and O–H groups in total. The molecule has 5 heteroatoms. The quantitative estimate of drug-likeness (QED) is 0.811. The molecule has 0 aliphatic carbocycles.